The van der Waals surface area contributed by atoms with Gasteiger partial charge in [0.05, 0.1) is 5.52 Å². The molecule has 3 aromatic rings. The van der Waals surface area contributed by atoms with Gasteiger partial charge in [-0.3, -0.25) is 4.98 Å². The quantitative estimate of drug-likeness (QED) is 0.792. The topological polar surface area (TPSA) is 29.9 Å². The predicted molar refractivity (Wildman–Crippen MR) is 87.2 cm³/mol. The lowest BCUT2D eigenvalue weighted by atomic mass is 10.1. The molecular formula is C18H21N3. The molecule has 0 aliphatic heterocycles. The van der Waals surface area contributed by atoms with Crippen LogP contribution < -0.4 is 5.32 Å². The molecular weight excluding hydrogens is 258 g/mol. The van der Waals surface area contributed by atoms with Gasteiger partial charge in [0, 0.05) is 43.1 Å². The van der Waals surface area contributed by atoms with Gasteiger partial charge >= 0.3 is 0 Å². The van der Waals surface area contributed by atoms with Gasteiger partial charge in [-0.15, -0.1) is 0 Å². The molecule has 0 spiro atoms. The van der Waals surface area contributed by atoms with Gasteiger partial charge in [-0.2, -0.15) is 0 Å². The summed E-state index contributed by atoms with van der Waals surface area (Å²) < 4.78 is 2.23. The van der Waals surface area contributed by atoms with E-state index in [1.807, 2.05) is 12.3 Å². The zero-order valence-electron chi connectivity index (χ0n) is 12.9. The van der Waals surface area contributed by atoms with Crippen molar-refractivity contribution in [3.63, 3.8) is 0 Å². The molecule has 0 aliphatic rings. The highest BCUT2D eigenvalue weighted by Gasteiger charge is 2.06. The summed E-state index contributed by atoms with van der Waals surface area (Å²) in [5, 5.41) is 4.74. The molecule has 2 aromatic heterocycles. The molecule has 0 unspecified atom stereocenters. The van der Waals surface area contributed by atoms with E-state index in [-0.39, 0.29) is 0 Å². The Labute approximate surface area is 125 Å². The summed E-state index contributed by atoms with van der Waals surface area (Å²) in [7, 11) is 2.11. The highest BCUT2D eigenvalue weighted by atomic mass is 15.0. The summed E-state index contributed by atoms with van der Waals surface area (Å²) in [6.45, 7) is 6.03. The normalized spacial score (nSPS) is 11.2. The van der Waals surface area contributed by atoms with Gasteiger partial charge in [-0.25, -0.2) is 0 Å². The highest BCUT2D eigenvalue weighted by Crippen LogP contribution is 2.17. The lowest BCUT2D eigenvalue weighted by Gasteiger charge is -2.08. The number of hydrogen-bond acceptors (Lipinski definition) is 2. The number of benzene rings is 1. The Morgan fingerprint density at radius 3 is 2.57 bits per heavy atom. The largest absolute Gasteiger partial charge is 0.352 e. The van der Waals surface area contributed by atoms with E-state index >= 15 is 0 Å². The molecule has 2 heterocycles. The first-order valence-electron chi connectivity index (χ1n) is 7.32. The molecule has 3 nitrogen and oxygen atoms in total. The minimum atomic E-state index is 0.835. The van der Waals surface area contributed by atoms with Crippen LogP contribution in [0.25, 0.3) is 10.9 Å². The molecule has 0 amide bonds. The van der Waals surface area contributed by atoms with Crippen molar-refractivity contribution < 1.29 is 0 Å². The minimum absolute atomic E-state index is 0.835. The van der Waals surface area contributed by atoms with Gasteiger partial charge in [0.15, 0.2) is 0 Å². The van der Waals surface area contributed by atoms with Gasteiger partial charge < -0.3 is 9.88 Å². The first kappa shape index (κ1) is 13.8. The van der Waals surface area contributed by atoms with Crippen LogP contribution in [0.5, 0.6) is 0 Å². The van der Waals surface area contributed by atoms with E-state index < -0.39 is 0 Å². The van der Waals surface area contributed by atoms with Gasteiger partial charge in [-0.05, 0) is 37.1 Å². The molecule has 0 aliphatic carbocycles. The van der Waals surface area contributed by atoms with Crippen molar-refractivity contribution in [3.8, 4) is 0 Å². The Hall–Kier alpha value is -2.13. The van der Waals surface area contributed by atoms with Gasteiger partial charge in [0.1, 0.15) is 0 Å². The predicted octanol–water partition coefficient (Wildman–Crippen LogP) is 3.48. The Kier molecular flexibility index (Phi) is 3.76. The average Bonchev–Trinajstić information content (AvgIpc) is 2.75. The van der Waals surface area contributed by atoms with Gasteiger partial charge in [0.25, 0.3) is 0 Å². The monoisotopic (exact) mass is 279 g/mol. The van der Waals surface area contributed by atoms with E-state index in [9.17, 15) is 0 Å². The maximum atomic E-state index is 4.50. The lowest BCUT2D eigenvalue weighted by Crippen LogP contribution is -2.13. The number of aryl methyl sites for hydroxylation is 1. The molecule has 21 heavy (non-hydrogen) atoms. The van der Waals surface area contributed by atoms with Crippen molar-refractivity contribution in [2.24, 2.45) is 7.05 Å². The first-order chi connectivity index (χ1) is 10.2. The molecule has 1 aromatic carbocycles. The Balaban J connectivity index is 1.74. The Morgan fingerprint density at radius 2 is 1.81 bits per heavy atom. The molecule has 0 bridgehead atoms. The van der Waals surface area contributed by atoms with E-state index in [2.05, 4.69) is 66.1 Å². The lowest BCUT2D eigenvalue weighted by molar-refractivity contribution is 0.689. The number of para-hydroxylation sites is 1. The molecule has 0 atom stereocenters. The molecule has 0 fully saturated rings. The SMILES string of the molecule is Cc1cc(CNCc2cccc3cccnc23)c(C)n1C. The van der Waals surface area contributed by atoms with Crippen molar-refractivity contribution in [2.75, 3.05) is 0 Å². The second-order valence-electron chi connectivity index (χ2n) is 5.55. The van der Waals surface area contributed by atoms with Gasteiger partial charge in [-0.1, -0.05) is 24.3 Å². The zero-order valence-corrected chi connectivity index (χ0v) is 12.9. The van der Waals surface area contributed by atoms with E-state index in [4.69, 9.17) is 0 Å². The number of hydrogen-bond donors (Lipinski definition) is 1. The van der Waals surface area contributed by atoms with Crippen LogP contribution in [0.15, 0.2) is 42.6 Å². The van der Waals surface area contributed by atoms with Crippen LogP contribution in [-0.4, -0.2) is 9.55 Å². The van der Waals surface area contributed by atoms with Crippen LogP contribution in [0, 0.1) is 13.8 Å². The number of nitrogens with one attached hydrogen (secondary N) is 1. The fourth-order valence-corrected chi connectivity index (χ4v) is 2.75. The van der Waals surface area contributed by atoms with E-state index in [1.54, 1.807) is 0 Å². The molecule has 0 saturated heterocycles. The van der Waals surface area contributed by atoms with Crippen LogP contribution >= 0.6 is 0 Å². The third-order valence-corrected chi connectivity index (χ3v) is 4.23. The van der Waals surface area contributed by atoms with Crippen molar-refractivity contribution in [2.45, 2.75) is 26.9 Å². The van der Waals surface area contributed by atoms with Crippen molar-refractivity contribution in [1.29, 1.82) is 0 Å². The minimum Gasteiger partial charge on any atom is -0.352 e. The molecule has 1 N–H and O–H groups in total. The van der Waals surface area contributed by atoms with Crippen molar-refractivity contribution in [3.05, 3.63) is 65.1 Å². The molecule has 108 valence electrons. The molecule has 0 radical (unpaired) electrons. The summed E-state index contributed by atoms with van der Waals surface area (Å²) in [6, 6.07) is 12.7. The Bertz CT molecular complexity index is 766. The van der Waals surface area contributed by atoms with Crippen LogP contribution in [0.1, 0.15) is 22.5 Å². The number of aromatic nitrogens is 2. The van der Waals surface area contributed by atoms with Crippen LogP contribution in [-0.2, 0) is 20.1 Å². The summed E-state index contributed by atoms with van der Waals surface area (Å²) in [4.78, 5) is 4.50. The zero-order chi connectivity index (χ0) is 14.8. The summed E-state index contributed by atoms with van der Waals surface area (Å²) >= 11 is 0. The summed E-state index contributed by atoms with van der Waals surface area (Å²) in [5.74, 6) is 0. The first-order valence-corrected chi connectivity index (χ1v) is 7.32. The van der Waals surface area contributed by atoms with Crippen molar-refractivity contribution in [1.82, 2.24) is 14.9 Å². The van der Waals surface area contributed by atoms with E-state index in [0.717, 1.165) is 18.6 Å². The summed E-state index contributed by atoms with van der Waals surface area (Å²) in [6.07, 6.45) is 1.86. The van der Waals surface area contributed by atoms with Crippen LogP contribution in [0.2, 0.25) is 0 Å². The number of fused-ring (bicyclic) bond motifs is 1. The highest BCUT2D eigenvalue weighted by molar-refractivity contribution is 5.81. The average molecular weight is 279 g/mol. The van der Waals surface area contributed by atoms with Crippen LogP contribution in [0.4, 0.5) is 0 Å². The Morgan fingerprint density at radius 1 is 1.05 bits per heavy atom. The number of rotatable bonds is 4. The fraction of sp³-hybridized carbons (Fsp3) is 0.278. The maximum Gasteiger partial charge on any atom is 0.0746 e. The maximum absolute atomic E-state index is 4.50. The van der Waals surface area contributed by atoms with Crippen LogP contribution in [0.3, 0.4) is 0 Å². The number of nitrogens with zero attached hydrogens (tertiary/aromatic N) is 2. The second-order valence-corrected chi connectivity index (χ2v) is 5.55. The molecule has 0 saturated carbocycles. The molecule has 3 rings (SSSR count). The third-order valence-electron chi connectivity index (χ3n) is 4.23. The molecule has 3 heteroatoms. The third kappa shape index (κ3) is 2.69. The second kappa shape index (κ2) is 5.70. The van der Waals surface area contributed by atoms with Gasteiger partial charge in [0.2, 0.25) is 0 Å². The smallest absolute Gasteiger partial charge is 0.0746 e. The van der Waals surface area contributed by atoms with Crippen molar-refractivity contribution >= 4 is 10.9 Å². The fourth-order valence-electron chi connectivity index (χ4n) is 2.75. The number of pyridine rings is 1. The van der Waals surface area contributed by atoms with E-state index in [0.29, 0.717) is 0 Å². The van der Waals surface area contributed by atoms with E-state index in [1.165, 1.54) is 27.9 Å². The summed E-state index contributed by atoms with van der Waals surface area (Å²) in [5.41, 5.74) is 6.34. The standard InChI is InChI=1S/C18H21N3/c1-13-10-17(14(2)21(13)3)12-19-11-16-7-4-6-15-8-5-9-20-18(15)16/h4-10,19H,11-12H2,1-3H3.